The maximum atomic E-state index is 12.9. The standard InChI is InChI=1S/C13H11FN2O2/c14-12-7-10(4-5-15-12)13(18)16-11-3-1-2-9(6-11)8-17/h1-7,17H,8H2,(H,16,18). The molecule has 1 amide bonds. The summed E-state index contributed by atoms with van der Waals surface area (Å²) in [7, 11) is 0. The third kappa shape index (κ3) is 2.89. The van der Waals surface area contributed by atoms with Crippen molar-refractivity contribution in [1.29, 1.82) is 0 Å². The Hall–Kier alpha value is -2.27. The molecule has 1 aromatic carbocycles. The number of carbonyl (C=O) groups excluding carboxylic acids is 1. The molecule has 5 heteroatoms. The summed E-state index contributed by atoms with van der Waals surface area (Å²) >= 11 is 0. The molecular formula is C13H11FN2O2. The molecule has 2 rings (SSSR count). The molecule has 0 saturated heterocycles. The zero-order valence-electron chi connectivity index (χ0n) is 9.43. The van der Waals surface area contributed by atoms with Crippen molar-refractivity contribution in [3.63, 3.8) is 0 Å². The lowest BCUT2D eigenvalue weighted by Crippen LogP contribution is -2.12. The van der Waals surface area contributed by atoms with Gasteiger partial charge in [0.1, 0.15) is 0 Å². The number of rotatable bonds is 3. The van der Waals surface area contributed by atoms with E-state index in [0.717, 1.165) is 6.07 Å². The number of hydrogen-bond acceptors (Lipinski definition) is 3. The number of nitrogens with zero attached hydrogens (tertiary/aromatic N) is 1. The largest absolute Gasteiger partial charge is 0.392 e. The molecule has 4 nitrogen and oxygen atoms in total. The van der Waals surface area contributed by atoms with E-state index < -0.39 is 11.9 Å². The quantitative estimate of drug-likeness (QED) is 0.814. The van der Waals surface area contributed by atoms with Crippen LogP contribution in [0.25, 0.3) is 0 Å². The summed E-state index contributed by atoms with van der Waals surface area (Å²) < 4.78 is 12.9. The van der Waals surface area contributed by atoms with Gasteiger partial charge in [0, 0.05) is 23.5 Å². The zero-order valence-corrected chi connectivity index (χ0v) is 9.43. The van der Waals surface area contributed by atoms with Crippen molar-refractivity contribution in [2.75, 3.05) is 5.32 Å². The number of benzene rings is 1. The molecule has 1 heterocycles. The minimum Gasteiger partial charge on any atom is -0.392 e. The Morgan fingerprint density at radius 2 is 2.17 bits per heavy atom. The van der Waals surface area contributed by atoms with Crippen molar-refractivity contribution in [3.05, 3.63) is 59.7 Å². The Kier molecular flexibility index (Phi) is 3.64. The van der Waals surface area contributed by atoms with Gasteiger partial charge in [-0.3, -0.25) is 4.79 Å². The number of carbonyl (C=O) groups is 1. The Labute approximate surface area is 103 Å². The van der Waals surface area contributed by atoms with Gasteiger partial charge in [-0.05, 0) is 23.8 Å². The lowest BCUT2D eigenvalue weighted by atomic mass is 10.2. The fraction of sp³-hybridized carbons (Fsp3) is 0.0769. The highest BCUT2D eigenvalue weighted by Gasteiger charge is 2.07. The van der Waals surface area contributed by atoms with Gasteiger partial charge in [-0.1, -0.05) is 12.1 Å². The van der Waals surface area contributed by atoms with E-state index in [2.05, 4.69) is 10.3 Å². The SMILES string of the molecule is O=C(Nc1cccc(CO)c1)c1ccnc(F)c1. The maximum Gasteiger partial charge on any atom is 0.255 e. The van der Waals surface area contributed by atoms with Gasteiger partial charge in [-0.25, -0.2) is 4.98 Å². The number of amides is 1. The summed E-state index contributed by atoms with van der Waals surface area (Å²) in [5.41, 5.74) is 1.43. The van der Waals surface area contributed by atoms with Gasteiger partial charge in [0.2, 0.25) is 5.95 Å². The van der Waals surface area contributed by atoms with E-state index in [1.54, 1.807) is 24.3 Å². The number of hydrogen-bond donors (Lipinski definition) is 2. The number of aliphatic hydroxyl groups is 1. The molecular weight excluding hydrogens is 235 g/mol. The Morgan fingerprint density at radius 3 is 2.89 bits per heavy atom. The molecule has 2 N–H and O–H groups in total. The molecule has 0 fully saturated rings. The van der Waals surface area contributed by atoms with E-state index in [9.17, 15) is 9.18 Å². The predicted octanol–water partition coefficient (Wildman–Crippen LogP) is 1.97. The fourth-order valence-electron chi connectivity index (χ4n) is 1.49. The Bertz CT molecular complexity index is 572. The van der Waals surface area contributed by atoms with Crippen LogP contribution in [0.5, 0.6) is 0 Å². The van der Waals surface area contributed by atoms with Crippen LogP contribution in [-0.4, -0.2) is 16.0 Å². The summed E-state index contributed by atoms with van der Waals surface area (Å²) in [6.45, 7) is -0.104. The first kappa shape index (κ1) is 12.2. The molecule has 0 unspecified atom stereocenters. The van der Waals surface area contributed by atoms with Crippen LogP contribution in [0, 0.1) is 5.95 Å². The predicted molar refractivity (Wildman–Crippen MR) is 64.5 cm³/mol. The molecule has 0 aliphatic heterocycles. The minimum absolute atomic E-state index is 0.104. The van der Waals surface area contributed by atoms with Crippen LogP contribution in [0.1, 0.15) is 15.9 Å². The summed E-state index contributed by atoms with van der Waals surface area (Å²) in [6, 6.07) is 9.28. The third-order valence-corrected chi connectivity index (χ3v) is 2.36. The normalized spacial score (nSPS) is 10.1. The maximum absolute atomic E-state index is 12.9. The molecule has 0 saturated carbocycles. The zero-order chi connectivity index (χ0) is 13.0. The van der Waals surface area contributed by atoms with Crippen LogP contribution < -0.4 is 5.32 Å². The van der Waals surface area contributed by atoms with E-state index >= 15 is 0 Å². The van der Waals surface area contributed by atoms with E-state index in [1.807, 2.05) is 0 Å². The van der Waals surface area contributed by atoms with Crippen LogP contribution >= 0.6 is 0 Å². The number of pyridine rings is 1. The summed E-state index contributed by atoms with van der Waals surface area (Å²) in [5, 5.41) is 11.6. The van der Waals surface area contributed by atoms with Gasteiger partial charge in [0.05, 0.1) is 6.61 Å². The highest BCUT2D eigenvalue weighted by Crippen LogP contribution is 2.12. The molecule has 92 valence electrons. The van der Waals surface area contributed by atoms with Crippen molar-refractivity contribution in [2.45, 2.75) is 6.61 Å². The Morgan fingerprint density at radius 1 is 1.33 bits per heavy atom. The number of aromatic nitrogens is 1. The van der Waals surface area contributed by atoms with Crippen LogP contribution in [-0.2, 0) is 6.61 Å². The third-order valence-electron chi connectivity index (χ3n) is 2.36. The average molecular weight is 246 g/mol. The number of anilines is 1. The van der Waals surface area contributed by atoms with E-state index in [1.165, 1.54) is 12.3 Å². The monoisotopic (exact) mass is 246 g/mol. The van der Waals surface area contributed by atoms with Crippen molar-refractivity contribution in [2.24, 2.45) is 0 Å². The van der Waals surface area contributed by atoms with Gasteiger partial charge in [0.15, 0.2) is 0 Å². The molecule has 0 bridgehead atoms. The van der Waals surface area contributed by atoms with Crippen LogP contribution in [0.3, 0.4) is 0 Å². The summed E-state index contributed by atoms with van der Waals surface area (Å²) in [4.78, 5) is 15.2. The van der Waals surface area contributed by atoms with Crippen molar-refractivity contribution in [3.8, 4) is 0 Å². The molecule has 2 aromatic rings. The van der Waals surface area contributed by atoms with Crippen molar-refractivity contribution < 1.29 is 14.3 Å². The van der Waals surface area contributed by atoms with Crippen molar-refractivity contribution >= 4 is 11.6 Å². The van der Waals surface area contributed by atoms with Gasteiger partial charge < -0.3 is 10.4 Å². The second-order valence-electron chi connectivity index (χ2n) is 3.68. The number of nitrogens with one attached hydrogen (secondary N) is 1. The average Bonchev–Trinajstić information content (AvgIpc) is 2.39. The summed E-state index contributed by atoms with van der Waals surface area (Å²) in [5.74, 6) is -1.13. The first-order chi connectivity index (χ1) is 8.69. The van der Waals surface area contributed by atoms with Crippen molar-refractivity contribution in [1.82, 2.24) is 4.98 Å². The number of aliphatic hydroxyl groups excluding tert-OH is 1. The van der Waals surface area contributed by atoms with E-state index in [0.29, 0.717) is 11.3 Å². The highest BCUT2D eigenvalue weighted by atomic mass is 19.1. The van der Waals surface area contributed by atoms with E-state index in [4.69, 9.17) is 5.11 Å². The first-order valence-corrected chi connectivity index (χ1v) is 5.32. The minimum atomic E-state index is -0.702. The van der Waals surface area contributed by atoms with Gasteiger partial charge in [-0.2, -0.15) is 4.39 Å². The first-order valence-electron chi connectivity index (χ1n) is 5.32. The molecule has 0 spiro atoms. The van der Waals surface area contributed by atoms with Gasteiger partial charge in [0.25, 0.3) is 5.91 Å². The van der Waals surface area contributed by atoms with Crippen LogP contribution in [0.15, 0.2) is 42.6 Å². The van der Waals surface area contributed by atoms with Gasteiger partial charge >= 0.3 is 0 Å². The molecule has 18 heavy (non-hydrogen) atoms. The Balaban J connectivity index is 2.16. The highest BCUT2D eigenvalue weighted by molar-refractivity contribution is 6.04. The number of halogens is 1. The topological polar surface area (TPSA) is 62.2 Å². The van der Waals surface area contributed by atoms with Gasteiger partial charge in [-0.15, -0.1) is 0 Å². The second kappa shape index (κ2) is 5.37. The molecule has 0 radical (unpaired) electrons. The van der Waals surface area contributed by atoms with E-state index in [-0.39, 0.29) is 12.2 Å². The lowest BCUT2D eigenvalue weighted by Gasteiger charge is -2.06. The lowest BCUT2D eigenvalue weighted by molar-refractivity contribution is 0.102. The fourth-order valence-corrected chi connectivity index (χ4v) is 1.49. The summed E-state index contributed by atoms with van der Waals surface area (Å²) in [6.07, 6.45) is 1.23. The van der Waals surface area contributed by atoms with Crippen LogP contribution in [0.4, 0.5) is 10.1 Å². The smallest absolute Gasteiger partial charge is 0.255 e. The second-order valence-corrected chi connectivity index (χ2v) is 3.68. The molecule has 1 aromatic heterocycles. The van der Waals surface area contributed by atoms with Crippen LogP contribution in [0.2, 0.25) is 0 Å². The molecule has 0 aliphatic carbocycles. The molecule has 0 aliphatic rings. The molecule has 0 atom stereocenters.